The Kier molecular flexibility index (Phi) is 4.08. The molecule has 1 aromatic carbocycles. The Morgan fingerprint density at radius 2 is 1.83 bits per heavy atom. The normalized spacial score (nSPS) is 25.1. The molecule has 0 amide bonds. The van der Waals surface area contributed by atoms with Crippen LogP contribution in [0, 0.1) is 5.92 Å². The van der Waals surface area contributed by atoms with Crippen LogP contribution in [0.3, 0.4) is 0 Å². The molecule has 1 aromatic rings. The van der Waals surface area contributed by atoms with Gasteiger partial charge in [0, 0.05) is 6.04 Å². The molecule has 2 nitrogen and oxygen atoms in total. The molecule has 1 heterocycles. The molecule has 0 bridgehead atoms. The van der Waals surface area contributed by atoms with Crippen LogP contribution in [0.5, 0.6) is 0 Å². The van der Waals surface area contributed by atoms with E-state index in [1.54, 1.807) is 0 Å². The summed E-state index contributed by atoms with van der Waals surface area (Å²) in [6.07, 6.45) is 2.45. The summed E-state index contributed by atoms with van der Waals surface area (Å²) in [6.45, 7) is 8.64. The third kappa shape index (κ3) is 3.12. The fraction of sp³-hybridized carbons (Fsp3) is 0.625. The Bertz CT molecular complexity index is 367. The summed E-state index contributed by atoms with van der Waals surface area (Å²) >= 11 is 0. The molecule has 2 rings (SSSR count). The van der Waals surface area contributed by atoms with Crippen LogP contribution >= 0.6 is 0 Å². The largest absolute Gasteiger partial charge is 0.330 e. The second-order valence-electron chi connectivity index (χ2n) is 6.51. The Morgan fingerprint density at radius 1 is 1.17 bits per heavy atom. The smallest absolute Gasteiger partial charge is 0.0320 e. The van der Waals surface area contributed by atoms with Gasteiger partial charge in [-0.2, -0.15) is 0 Å². The molecule has 0 spiro atoms. The molecule has 1 aliphatic rings. The summed E-state index contributed by atoms with van der Waals surface area (Å²) in [5.41, 5.74) is 8.77. The molecule has 2 unspecified atom stereocenters. The number of piperidine rings is 1. The number of hydrogen-bond donors (Lipinski definition) is 2. The van der Waals surface area contributed by atoms with E-state index in [2.05, 4.69) is 50.4 Å². The van der Waals surface area contributed by atoms with Crippen LogP contribution in [0.25, 0.3) is 0 Å². The zero-order chi connectivity index (χ0) is 13.2. The highest BCUT2D eigenvalue weighted by molar-refractivity contribution is 5.29. The zero-order valence-corrected chi connectivity index (χ0v) is 11.9. The van der Waals surface area contributed by atoms with E-state index in [9.17, 15) is 0 Å². The van der Waals surface area contributed by atoms with E-state index in [1.807, 2.05) is 0 Å². The maximum absolute atomic E-state index is 5.72. The molecule has 18 heavy (non-hydrogen) atoms. The lowest BCUT2D eigenvalue weighted by atomic mass is 9.85. The summed E-state index contributed by atoms with van der Waals surface area (Å²) in [5.74, 6) is 0.662. The first-order chi connectivity index (χ1) is 8.50. The Morgan fingerprint density at radius 3 is 2.28 bits per heavy atom. The van der Waals surface area contributed by atoms with Crippen molar-refractivity contribution in [3.63, 3.8) is 0 Å². The molecule has 3 N–H and O–H groups in total. The third-order valence-electron chi connectivity index (χ3n) is 4.03. The molecular formula is C16H26N2. The molecule has 1 aliphatic heterocycles. The van der Waals surface area contributed by atoms with Gasteiger partial charge in [-0.15, -0.1) is 0 Å². The van der Waals surface area contributed by atoms with Crippen LogP contribution in [-0.2, 0) is 5.41 Å². The van der Waals surface area contributed by atoms with Crippen molar-refractivity contribution in [2.75, 3.05) is 13.1 Å². The van der Waals surface area contributed by atoms with E-state index in [4.69, 9.17) is 5.73 Å². The minimum absolute atomic E-state index is 0.239. The van der Waals surface area contributed by atoms with E-state index in [-0.39, 0.29) is 5.41 Å². The summed E-state index contributed by atoms with van der Waals surface area (Å²) in [4.78, 5) is 0. The number of nitrogens with one attached hydrogen (secondary N) is 1. The third-order valence-corrected chi connectivity index (χ3v) is 4.03. The van der Waals surface area contributed by atoms with Crippen molar-refractivity contribution in [3.05, 3.63) is 35.4 Å². The molecule has 2 atom stereocenters. The van der Waals surface area contributed by atoms with Crippen molar-refractivity contribution in [2.24, 2.45) is 11.7 Å². The first-order valence-corrected chi connectivity index (χ1v) is 7.04. The molecule has 2 heteroatoms. The highest BCUT2D eigenvalue weighted by Crippen LogP contribution is 2.28. The standard InChI is InChI=1S/C16H26N2/c1-16(2,3)14-7-5-13(6-8-14)15-9-4-12(10-17)11-18-15/h5-8,12,15,18H,4,9-11,17H2,1-3H3. The molecule has 0 aromatic heterocycles. The van der Waals surface area contributed by atoms with Crippen molar-refractivity contribution < 1.29 is 0 Å². The SMILES string of the molecule is CC(C)(C)c1ccc(C2CCC(CN)CN2)cc1. The van der Waals surface area contributed by atoms with Gasteiger partial charge in [-0.3, -0.25) is 0 Å². The predicted molar refractivity (Wildman–Crippen MR) is 77.7 cm³/mol. The maximum Gasteiger partial charge on any atom is 0.0320 e. The minimum Gasteiger partial charge on any atom is -0.330 e. The van der Waals surface area contributed by atoms with Crippen molar-refractivity contribution in [1.29, 1.82) is 0 Å². The number of benzene rings is 1. The summed E-state index contributed by atoms with van der Waals surface area (Å²) in [7, 11) is 0. The fourth-order valence-corrected chi connectivity index (χ4v) is 2.62. The fourth-order valence-electron chi connectivity index (χ4n) is 2.62. The van der Waals surface area contributed by atoms with E-state index < -0.39 is 0 Å². The average molecular weight is 246 g/mol. The second kappa shape index (κ2) is 5.41. The Labute approximate surface area is 111 Å². The van der Waals surface area contributed by atoms with Crippen LogP contribution < -0.4 is 11.1 Å². The average Bonchev–Trinajstić information content (AvgIpc) is 2.38. The number of rotatable bonds is 2. The molecule has 1 fully saturated rings. The van der Waals surface area contributed by atoms with Crippen LogP contribution in [0.1, 0.15) is 50.8 Å². The van der Waals surface area contributed by atoms with E-state index in [1.165, 1.54) is 24.0 Å². The van der Waals surface area contributed by atoms with Gasteiger partial charge in [0.15, 0.2) is 0 Å². The van der Waals surface area contributed by atoms with Gasteiger partial charge in [-0.05, 0) is 48.4 Å². The van der Waals surface area contributed by atoms with Gasteiger partial charge < -0.3 is 11.1 Å². The quantitative estimate of drug-likeness (QED) is 0.842. The summed E-state index contributed by atoms with van der Waals surface area (Å²) in [6, 6.07) is 9.61. The maximum atomic E-state index is 5.72. The summed E-state index contributed by atoms with van der Waals surface area (Å²) in [5, 5.41) is 3.61. The Balaban J connectivity index is 2.02. The topological polar surface area (TPSA) is 38.0 Å². The molecule has 0 saturated carbocycles. The lowest BCUT2D eigenvalue weighted by Crippen LogP contribution is -2.36. The van der Waals surface area contributed by atoms with Gasteiger partial charge in [0.25, 0.3) is 0 Å². The van der Waals surface area contributed by atoms with Gasteiger partial charge in [0.05, 0.1) is 0 Å². The van der Waals surface area contributed by atoms with E-state index in [0.29, 0.717) is 12.0 Å². The molecule has 100 valence electrons. The van der Waals surface area contributed by atoms with Crippen molar-refractivity contribution >= 4 is 0 Å². The molecule has 1 saturated heterocycles. The highest BCUT2D eigenvalue weighted by Gasteiger charge is 2.21. The van der Waals surface area contributed by atoms with Crippen LogP contribution in [0.15, 0.2) is 24.3 Å². The van der Waals surface area contributed by atoms with Crippen molar-refractivity contribution in [1.82, 2.24) is 5.32 Å². The van der Waals surface area contributed by atoms with Gasteiger partial charge in [-0.25, -0.2) is 0 Å². The second-order valence-corrected chi connectivity index (χ2v) is 6.51. The first kappa shape index (κ1) is 13.6. The van der Waals surface area contributed by atoms with Gasteiger partial charge in [-0.1, -0.05) is 45.0 Å². The van der Waals surface area contributed by atoms with Gasteiger partial charge in [0.2, 0.25) is 0 Å². The number of nitrogens with two attached hydrogens (primary N) is 1. The summed E-state index contributed by atoms with van der Waals surface area (Å²) < 4.78 is 0. The molecule has 0 radical (unpaired) electrons. The molecular weight excluding hydrogens is 220 g/mol. The highest BCUT2D eigenvalue weighted by atomic mass is 14.9. The van der Waals surface area contributed by atoms with Crippen LogP contribution in [-0.4, -0.2) is 13.1 Å². The van der Waals surface area contributed by atoms with Crippen molar-refractivity contribution in [2.45, 2.75) is 45.1 Å². The van der Waals surface area contributed by atoms with Gasteiger partial charge >= 0.3 is 0 Å². The van der Waals surface area contributed by atoms with Crippen LogP contribution in [0.2, 0.25) is 0 Å². The number of hydrogen-bond acceptors (Lipinski definition) is 2. The molecule has 0 aliphatic carbocycles. The predicted octanol–water partition coefficient (Wildman–Crippen LogP) is 2.98. The first-order valence-electron chi connectivity index (χ1n) is 7.04. The minimum atomic E-state index is 0.239. The lowest BCUT2D eigenvalue weighted by Gasteiger charge is -2.30. The zero-order valence-electron chi connectivity index (χ0n) is 11.9. The Hall–Kier alpha value is -0.860. The van der Waals surface area contributed by atoms with Crippen LogP contribution in [0.4, 0.5) is 0 Å². The monoisotopic (exact) mass is 246 g/mol. The van der Waals surface area contributed by atoms with E-state index in [0.717, 1.165) is 13.1 Å². The lowest BCUT2D eigenvalue weighted by molar-refractivity contribution is 0.320. The van der Waals surface area contributed by atoms with Gasteiger partial charge in [0.1, 0.15) is 0 Å². The van der Waals surface area contributed by atoms with Crippen molar-refractivity contribution in [3.8, 4) is 0 Å². The van der Waals surface area contributed by atoms with E-state index >= 15 is 0 Å².